The number of hydrogen-bond acceptors (Lipinski definition) is 7. The second kappa shape index (κ2) is 8.16. The molecule has 0 radical (unpaired) electrons. The van der Waals surface area contributed by atoms with Crippen LogP contribution in [0.2, 0.25) is 0 Å². The number of ether oxygens (including phenoxy) is 2. The Kier molecular flexibility index (Phi) is 5.44. The topological polar surface area (TPSA) is 75.5 Å². The Hall–Kier alpha value is -3.00. The zero-order chi connectivity index (χ0) is 20.4. The van der Waals surface area contributed by atoms with Crippen molar-refractivity contribution < 1.29 is 14.3 Å². The first-order valence-electron chi connectivity index (χ1n) is 9.38. The van der Waals surface area contributed by atoms with Gasteiger partial charge in [-0.05, 0) is 18.6 Å². The standard InChI is InChI=1S/C21H22N4O3S/c1-4-12-29-21-23-20(26)17-13-8-5-6-10-15(13)22-19(25(17)24-21)14-9-7-11-16(27-2)18(14)28-3/h5-11,19H,4,12H2,1-3H3,(H,23,24,26)/t19-/m1/s1. The molecule has 2 aromatic rings. The number of thioether (sulfide) groups is 1. The average Bonchev–Trinajstić information content (AvgIpc) is 2.76. The molecule has 0 aromatic heterocycles. The molecule has 1 amide bonds. The van der Waals surface area contributed by atoms with Gasteiger partial charge in [-0.25, -0.2) is 5.01 Å². The van der Waals surface area contributed by atoms with Gasteiger partial charge in [-0.2, -0.15) is 0 Å². The van der Waals surface area contributed by atoms with E-state index in [1.54, 1.807) is 19.2 Å². The molecule has 1 atom stereocenters. The fourth-order valence-electron chi connectivity index (χ4n) is 3.41. The third-order valence-corrected chi connectivity index (χ3v) is 5.74. The van der Waals surface area contributed by atoms with Crippen molar-refractivity contribution in [2.24, 2.45) is 10.1 Å². The number of para-hydroxylation sites is 2. The molecule has 0 bridgehead atoms. The molecule has 2 aromatic carbocycles. The van der Waals surface area contributed by atoms with E-state index in [4.69, 9.17) is 19.6 Å². The number of nitrogens with zero attached hydrogens (tertiary/aromatic N) is 3. The lowest BCUT2D eigenvalue weighted by Gasteiger charge is -2.34. The summed E-state index contributed by atoms with van der Waals surface area (Å²) in [5.41, 5.74) is 1.25. The van der Waals surface area contributed by atoms with Crippen molar-refractivity contribution in [3.63, 3.8) is 0 Å². The molecule has 29 heavy (non-hydrogen) atoms. The summed E-state index contributed by atoms with van der Waals surface area (Å²) >= 11 is 1.52. The van der Waals surface area contributed by atoms with Gasteiger partial charge in [0.15, 0.2) is 22.8 Å². The zero-order valence-corrected chi connectivity index (χ0v) is 17.3. The molecule has 2 heterocycles. The van der Waals surface area contributed by atoms with E-state index in [1.807, 2.05) is 42.5 Å². The van der Waals surface area contributed by atoms with Gasteiger partial charge in [0.25, 0.3) is 5.91 Å². The number of methoxy groups -OCH3 is 2. The van der Waals surface area contributed by atoms with Crippen LogP contribution < -0.4 is 25.4 Å². The number of amides is 1. The number of carbonyl (C=O) groups is 1. The summed E-state index contributed by atoms with van der Waals surface area (Å²) in [4.78, 5) is 17.9. The van der Waals surface area contributed by atoms with Crippen LogP contribution in [0.3, 0.4) is 0 Å². The zero-order valence-electron chi connectivity index (χ0n) is 16.5. The Bertz CT molecular complexity index is 1100. The van der Waals surface area contributed by atoms with Gasteiger partial charge in [0.1, 0.15) is 5.70 Å². The van der Waals surface area contributed by atoms with Crippen LogP contribution in [0.25, 0.3) is 5.70 Å². The number of rotatable bonds is 5. The predicted octanol–water partition coefficient (Wildman–Crippen LogP) is 1.99. The van der Waals surface area contributed by atoms with Crippen molar-refractivity contribution >= 4 is 28.5 Å². The quantitative estimate of drug-likeness (QED) is 0.816. The van der Waals surface area contributed by atoms with E-state index in [0.717, 1.165) is 28.3 Å². The van der Waals surface area contributed by atoms with E-state index in [-0.39, 0.29) is 5.91 Å². The average molecular weight is 410 g/mol. The minimum atomic E-state index is -0.548. The molecular weight excluding hydrogens is 388 g/mol. The van der Waals surface area contributed by atoms with Gasteiger partial charge in [0.2, 0.25) is 0 Å². The van der Waals surface area contributed by atoms with Crippen LogP contribution >= 0.6 is 11.8 Å². The van der Waals surface area contributed by atoms with Crippen LogP contribution in [0.1, 0.15) is 25.1 Å². The molecule has 0 fully saturated rings. The lowest BCUT2D eigenvalue weighted by molar-refractivity contribution is -0.116. The molecular formula is C21H22N4O3S. The molecule has 0 saturated carbocycles. The monoisotopic (exact) mass is 410 g/mol. The number of carbonyl (C=O) groups excluding carboxylic acids is 1. The summed E-state index contributed by atoms with van der Waals surface area (Å²) in [6.07, 6.45) is 0.435. The van der Waals surface area contributed by atoms with E-state index in [9.17, 15) is 4.79 Å². The highest BCUT2D eigenvalue weighted by Gasteiger charge is 2.36. The van der Waals surface area contributed by atoms with Crippen LogP contribution in [0.15, 0.2) is 52.6 Å². The van der Waals surface area contributed by atoms with Crippen molar-refractivity contribution in [2.75, 3.05) is 20.0 Å². The summed E-state index contributed by atoms with van der Waals surface area (Å²) in [5.74, 6) is 1.86. The summed E-state index contributed by atoms with van der Waals surface area (Å²) in [6.45, 7) is 2.09. The van der Waals surface area contributed by atoms with E-state index >= 15 is 0 Å². The maximum Gasteiger partial charge on any atom is 0.276 e. The van der Waals surface area contributed by atoms with Crippen molar-refractivity contribution in [1.29, 1.82) is 0 Å². The van der Waals surface area contributed by atoms with E-state index in [0.29, 0.717) is 22.4 Å². The predicted molar refractivity (Wildman–Crippen MR) is 113 cm³/mol. The van der Waals surface area contributed by atoms with Crippen LogP contribution in [-0.2, 0) is 4.79 Å². The van der Waals surface area contributed by atoms with Crippen LogP contribution in [0.4, 0.5) is 0 Å². The van der Waals surface area contributed by atoms with Gasteiger partial charge < -0.3 is 9.47 Å². The lowest BCUT2D eigenvalue weighted by Crippen LogP contribution is -2.50. The first-order valence-corrected chi connectivity index (χ1v) is 10.4. The Morgan fingerprint density at radius 1 is 1.14 bits per heavy atom. The van der Waals surface area contributed by atoms with Gasteiger partial charge in [0, 0.05) is 16.5 Å². The lowest BCUT2D eigenvalue weighted by atomic mass is 10.1. The van der Waals surface area contributed by atoms with Gasteiger partial charge in [-0.15, -0.1) is 5.10 Å². The number of amidine groups is 1. The van der Waals surface area contributed by atoms with E-state index < -0.39 is 6.17 Å². The molecule has 1 N–H and O–H groups in total. The third-order valence-electron chi connectivity index (χ3n) is 4.67. The molecule has 2 aliphatic heterocycles. The third kappa shape index (κ3) is 3.44. The second-order valence-corrected chi connectivity index (χ2v) is 7.59. The summed E-state index contributed by atoms with van der Waals surface area (Å²) in [6, 6.07) is 13.2. The number of hydrazone groups is 1. The van der Waals surface area contributed by atoms with Crippen molar-refractivity contribution in [3.8, 4) is 11.5 Å². The highest BCUT2D eigenvalue weighted by molar-refractivity contribution is 8.13. The maximum atomic E-state index is 13.0. The molecule has 0 aliphatic carbocycles. The highest BCUT2D eigenvalue weighted by Crippen LogP contribution is 2.40. The van der Waals surface area contributed by atoms with E-state index in [1.165, 1.54) is 11.8 Å². The van der Waals surface area contributed by atoms with Crippen molar-refractivity contribution in [2.45, 2.75) is 19.5 Å². The summed E-state index contributed by atoms with van der Waals surface area (Å²) in [7, 11) is 3.19. The Morgan fingerprint density at radius 2 is 1.97 bits per heavy atom. The fourth-order valence-corrected chi connectivity index (χ4v) is 4.12. The molecule has 150 valence electrons. The molecule has 4 rings (SSSR count). The van der Waals surface area contributed by atoms with Gasteiger partial charge in [-0.1, -0.05) is 49.0 Å². The van der Waals surface area contributed by atoms with Gasteiger partial charge in [-0.3, -0.25) is 15.1 Å². The number of hydrogen-bond donors (Lipinski definition) is 1. The number of fused-ring (bicyclic) bond motifs is 2. The van der Waals surface area contributed by atoms with Crippen LogP contribution in [0.5, 0.6) is 11.5 Å². The Labute approximate surface area is 173 Å². The first-order chi connectivity index (χ1) is 14.2. The largest absolute Gasteiger partial charge is 0.493 e. The van der Waals surface area contributed by atoms with Crippen LogP contribution in [-0.4, -0.2) is 36.1 Å². The molecule has 0 saturated heterocycles. The first kappa shape index (κ1) is 19.3. The van der Waals surface area contributed by atoms with Crippen LogP contribution in [0, 0.1) is 0 Å². The minimum absolute atomic E-state index is 0.187. The summed E-state index contributed by atoms with van der Waals surface area (Å²) in [5, 5.41) is 11.4. The molecule has 8 heteroatoms. The number of benzene rings is 2. The Morgan fingerprint density at radius 3 is 2.72 bits per heavy atom. The Balaban J connectivity index is 1.94. The van der Waals surface area contributed by atoms with Crippen molar-refractivity contribution in [3.05, 3.63) is 58.6 Å². The molecule has 7 nitrogen and oxygen atoms in total. The molecule has 0 unspecified atom stereocenters. The van der Waals surface area contributed by atoms with Crippen molar-refractivity contribution in [1.82, 2.24) is 10.3 Å². The highest BCUT2D eigenvalue weighted by atomic mass is 32.2. The fraction of sp³-hybridized carbons (Fsp3) is 0.286. The maximum absolute atomic E-state index is 13.0. The SMILES string of the molecule is CCCSC1=NN2C(=c3ccccc3=N[C@H]2c2cccc(OC)c2OC)C(=O)N1. The van der Waals surface area contributed by atoms with Gasteiger partial charge >= 0.3 is 0 Å². The normalized spacial score (nSPS) is 17.6. The van der Waals surface area contributed by atoms with Gasteiger partial charge in [0.05, 0.1) is 19.6 Å². The van der Waals surface area contributed by atoms with E-state index in [2.05, 4.69) is 12.2 Å². The summed E-state index contributed by atoms with van der Waals surface area (Å²) < 4.78 is 11.1. The number of nitrogens with one attached hydrogen (secondary N) is 1. The second-order valence-electron chi connectivity index (χ2n) is 6.50. The minimum Gasteiger partial charge on any atom is -0.493 e. The smallest absolute Gasteiger partial charge is 0.276 e. The molecule has 2 aliphatic rings. The molecule has 0 spiro atoms.